The molecular formula is C66H46O4. The molecule has 0 amide bonds. The van der Waals surface area contributed by atoms with E-state index in [1.54, 1.807) is 0 Å². The fourth-order valence-corrected chi connectivity index (χ4v) is 9.85. The Hall–Kier alpha value is -8.80. The average Bonchev–Trinajstić information content (AvgIpc) is 3.43. The number of ether oxygens (including phenoxy) is 2. The molecule has 0 aliphatic carbocycles. The molecule has 0 bridgehead atoms. The quantitative estimate of drug-likeness (QED) is 0.136. The van der Waals surface area contributed by atoms with Gasteiger partial charge < -0.3 is 19.7 Å². The molecule has 0 aliphatic heterocycles. The van der Waals surface area contributed by atoms with Crippen LogP contribution in [0.3, 0.4) is 0 Å². The lowest BCUT2D eigenvalue weighted by atomic mass is 9.89. The van der Waals surface area contributed by atoms with Crippen molar-refractivity contribution >= 4 is 43.1 Å². The van der Waals surface area contributed by atoms with Crippen LogP contribution in [0, 0.1) is 0 Å². The Morgan fingerprint density at radius 2 is 0.600 bits per heavy atom. The molecule has 0 fully saturated rings. The van der Waals surface area contributed by atoms with Gasteiger partial charge in [-0.15, -0.1) is 0 Å². The molecule has 0 saturated heterocycles. The maximum atomic E-state index is 10.3. The molecule has 0 aromatic heterocycles. The highest BCUT2D eigenvalue weighted by Crippen LogP contribution is 2.50. The lowest BCUT2D eigenvalue weighted by molar-refractivity contribution is 0.281. The smallest absolute Gasteiger partial charge is 0.136 e. The van der Waals surface area contributed by atoms with Crippen molar-refractivity contribution in [3.05, 3.63) is 254 Å². The summed E-state index contributed by atoms with van der Waals surface area (Å²) in [5.41, 5.74) is 11.5. The Morgan fingerprint density at radius 3 is 1.01 bits per heavy atom. The molecule has 0 spiro atoms. The molecule has 12 aromatic rings. The Kier molecular flexibility index (Phi) is 11.2. The summed E-state index contributed by atoms with van der Waals surface area (Å²) >= 11 is 0. The summed E-state index contributed by atoms with van der Waals surface area (Å²) in [6, 6.07) is 84.1. The lowest BCUT2D eigenvalue weighted by Gasteiger charge is -2.22. The van der Waals surface area contributed by atoms with Crippen LogP contribution in [-0.2, 0) is 13.2 Å². The average molecular weight is 903 g/mol. The van der Waals surface area contributed by atoms with Gasteiger partial charge in [0.15, 0.2) is 0 Å². The third kappa shape index (κ3) is 8.11. The molecule has 0 unspecified atom stereocenters. The SMILES string of the molecule is OCc1ccc(Oc2ccc3cc(-c4ccc5ccccc5c4)ccc3c2-c2c(Oc3ccc(CO)cc3-c3ccccc3)ccc3cc(-c4ccc5ccccc5c4)ccc23)c(-c2ccccc2)c1. The van der Waals surface area contributed by atoms with Gasteiger partial charge in [-0.2, -0.15) is 0 Å². The first-order valence-corrected chi connectivity index (χ1v) is 23.6. The molecule has 2 N–H and O–H groups in total. The van der Waals surface area contributed by atoms with Crippen LogP contribution >= 0.6 is 0 Å². The van der Waals surface area contributed by atoms with Crippen molar-refractivity contribution in [2.75, 3.05) is 0 Å². The molecule has 70 heavy (non-hydrogen) atoms. The van der Waals surface area contributed by atoms with E-state index in [-0.39, 0.29) is 13.2 Å². The fraction of sp³-hybridized carbons (Fsp3) is 0.0303. The number of rotatable bonds is 11. The Morgan fingerprint density at radius 1 is 0.257 bits per heavy atom. The molecule has 0 heterocycles. The van der Waals surface area contributed by atoms with Gasteiger partial charge in [-0.3, -0.25) is 0 Å². The maximum absolute atomic E-state index is 10.3. The minimum absolute atomic E-state index is 0.0942. The first-order chi connectivity index (χ1) is 34.6. The highest BCUT2D eigenvalue weighted by Gasteiger charge is 2.23. The number of fused-ring (bicyclic) bond motifs is 4. The largest absolute Gasteiger partial charge is 0.456 e. The first-order valence-electron chi connectivity index (χ1n) is 23.6. The van der Waals surface area contributed by atoms with Crippen molar-refractivity contribution in [3.8, 4) is 78.6 Å². The summed E-state index contributed by atoms with van der Waals surface area (Å²) in [6.45, 7) is -0.188. The Labute approximate surface area is 406 Å². The summed E-state index contributed by atoms with van der Waals surface area (Å²) in [6.07, 6.45) is 0. The van der Waals surface area contributed by atoms with Gasteiger partial charge in [-0.05, 0) is 148 Å². The number of benzene rings is 12. The van der Waals surface area contributed by atoms with Gasteiger partial charge in [0.2, 0.25) is 0 Å². The van der Waals surface area contributed by atoms with Crippen LogP contribution in [0.1, 0.15) is 11.1 Å². The van der Waals surface area contributed by atoms with Crippen molar-refractivity contribution in [2.24, 2.45) is 0 Å². The third-order valence-electron chi connectivity index (χ3n) is 13.4. The number of hydrogen-bond donors (Lipinski definition) is 2. The molecule has 0 radical (unpaired) electrons. The zero-order valence-electron chi connectivity index (χ0n) is 38.2. The van der Waals surface area contributed by atoms with Crippen molar-refractivity contribution in [1.82, 2.24) is 0 Å². The Bertz CT molecular complexity index is 3660. The molecule has 4 heteroatoms. The van der Waals surface area contributed by atoms with E-state index in [4.69, 9.17) is 9.47 Å². The maximum Gasteiger partial charge on any atom is 0.136 e. The molecule has 0 saturated carbocycles. The van der Waals surface area contributed by atoms with Gasteiger partial charge >= 0.3 is 0 Å². The van der Waals surface area contributed by atoms with E-state index < -0.39 is 0 Å². The summed E-state index contributed by atoms with van der Waals surface area (Å²) in [5.74, 6) is 2.61. The van der Waals surface area contributed by atoms with Crippen molar-refractivity contribution < 1.29 is 19.7 Å². The van der Waals surface area contributed by atoms with Gasteiger partial charge in [-0.25, -0.2) is 0 Å². The molecule has 334 valence electrons. The van der Waals surface area contributed by atoms with Crippen LogP contribution in [0.25, 0.3) is 98.7 Å². The second kappa shape index (κ2) is 18.4. The number of aliphatic hydroxyl groups is 2. The van der Waals surface area contributed by atoms with E-state index >= 15 is 0 Å². The van der Waals surface area contributed by atoms with E-state index in [1.807, 2.05) is 72.8 Å². The second-order valence-electron chi connectivity index (χ2n) is 17.8. The summed E-state index contributed by atoms with van der Waals surface area (Å²) in [5, 5.41) is 29.4. The molecule has 12 rings (SSSR count). The predicted molar refractivity (Wildman–Crippen MR) is 289 cm³/mol. The molecule has 0 atom stereocenters. The summed E-state index contributed by atoms with van der Waals surface area (Å²) in [4.78, 5) is 0. The van der Waals surface area contributed by atoms with Crippen LogP contribution in [0.4, 0.5) is 0 Å². The lowest BCUT2D eigenvalue weighted by Crippen LogP contribution is -1.98. The monoisotopic (exact) mass is 902 g/mol. The zero-order valence-corrected chi connectivity index (χ0v) is 38.2. The van der Waals surface area contributed by atoms with E-state index in [1.165, 1.54) is 21.5 Å². The number of hydrogen-bond acceptors (Lipinski definition) is 4. The Balaban J connectivity index is 1.11. The third-order valence-corrected chi connectivity index (χ3v) is 13.4. The van der Waals surface area contributed by atoms with E-state index in [2.05, 4.69) is 170 Å². The zero-order chi connectivity index (χ0) is 47.0. The molecule has 12 aromatic carbocycles. The van der Waals surface area contributed by atoms with Gasteiger partial charge in [0.05, 0.1) is 13.2 Å². The van der Waals surface area contributed by atoms with E-state index in [9.17, 15) is 10.2 Å². The van der Waals surface area contributed by atoms with Crippen molar-refractivity contribution in [3.63, 3.8) is 0 Å². The molecular weight excluding hydrogens is 857 g/mol. The van der Waals surface area contributed by atoms with Gasteiger partial charge in [-0.1, -0.05) is 182 Å². The minimum Gasteiger partial charge on any atom is -0.456 e. The van der Waals surface area contributed by atoms with Gasteiger partial charge in [0, 0.05) is 22.3 Å². The summed E-state index contributed by atoms with van der Waals surface area (Å²) < 4.78 is 14.5. The van der Waals surface area contributed by atoms with Gasteiger partial charge in [0.1, 0.15) is 23.0 Å². The summed E-state index contributed by atoms with van der Waals surface area (Å²) in [7, 11) is 0. The normalized spacial score (nSPS) is 11.4. The minimum atomic E-state index is -0.0942. The van der Waals surface area contributed by atoms with Crippen molar-refractivity contribution in [2.45, 2.75) is 13.2 Å². The predicted octanol–water partition coefficient (Wildman–Crippen LogP) is 17.2. The molecule has 0 aliphatic rings. The number of aliphatic hydroxyl groups excluding tert-OH is 2. The van der Waals surface area contributed by atoms with Crippen LogP contribution in [-0.4, -0.2) is 10.2 Å². The highest BCUT2D eigenvalue weighted by molar-refractivity contribution is 6.11. The molecule has 4 nitrogen and oxygen atoms in total. The van der Waals surface area contributed by atoms with Crippen LogP contribution in [0.5, 0.6) is 23.0 Å². The highest BCUT2D eigenvalue weighted by atomic mass is 16.5. The standard InChI is InChI=1S/C66H46O4/c67-41-43-19-31-61(59(35-43)47-13-3-1-4-14-47)69-63-33-27-55-39-53(51-23-21-45-11-7-9-17-49(45)37-51)25-29-57(55)65(63)66-58-30-26-54(52-24-22-46-12-8-10-18-50(46)38-52)40-56(58)28-34-64(66)70-62-32-20-44(42-68)36-60(62)48-15-5-2-6-16-48/h1-40,67-68H,41-42H2. The fourth-order valence-electron chi connectivity index (χ4n) is 9.85. The first kappa shape index (κ1) is 42.5. The topological polar surface area (TPSA) is 58.9 Å². The van der Waals surface area contributed by atoms with Crippen LogP contribution in [0.15, 0.2) is 243 Å². The van der Waals surface area contributed by atoms with Crippen molar-refractivity contribution in [1.29, 1.82) is 0 Å². The van der Waals surface area contributed by atoms with E-state index in [0.717, 1.165) is 88.3 Å². The second-order valence-corrected chi connectivity index (χ2v) is 17.8. The van der Waals surface area contributed by atoms with E-state index in [0.29, 0.717) is 23.0 Å². The van der Waals surface area contributed by atoms with Gasteiger partial charge in [0.25, 0.3) is 0 Å². The van der Waals surface area contributed by atoms with Crippen LogP contribution in [0.2, 0.25) is 0 Å². The van der Waals surface area contributed by atoms with Crippen LogP contribution < -0.4 is 9.47 Å².